The second kappa shape index (κ2) is 6.14. The standard InChI is InChI=1S/C17H17BrN2/c18-17-8-6-16(7-9-17)13-20-11-10-19(14-20)12-15-4-2-1-3-5-15/h1-11H,12-14H2. The first-order chi connectivity index (χ1) is 9.79. The molecule has 0 unspecified atom stereocenters. The zero-order valence-electron chi connectivity index (χ0n) is 11.2. The molecule has 1 aliphatic rings. The molecule has 2 nitrogen and oxygen atoms in total. The molecule has 2 aromatic rings. The van der Waals surface area contributed by atoms with Crippen molar-refractivity contribution in [1.29, 1.82) is 0 Å². The van der Waals surface area contributed by atoms with Gasteiger partial charge in [-0.1, -0.05) is 58.4 Å². The van der Waals surface area contributed by atoms with E-state index in [-0.39, 0.29) is 0 Å². The molecule has 0 N–H and O–H groups in total. The van der Waals surface area contributed by atoms with E-state index in [4.69, 9.17) is 0 Å². The first-order valence-electron chi connectivity index (χ1n) is 6.74. The summed E-state index contributed by atoms with van der Waals surface area (Å²) in [6.45, 7) is 2.87. The third-order valence-corrected chi connectivity index (χ3v) is 3.91. The van der Waals surface area contributed by atoms with Crippen LogP contribution in [0.5, 0.6) is 0 Å². The zero-order valence-corrected chi connectivity index (χ0v) is 12.8. The van der Waals surface area contributed by atoms with Crippen LogP contribution in [-0.2, 0) is 13.1 Å². The Morgan fingerprint density at radius 2 is 1.30 bits per heavy atom. The van der Waals surface area contributed by atoms with Crippen LogP contribution in [0.4, 0.5) is 0 Å². The normalized spacial score (nSPS) is 14.1. The van der Waals surface area contributed by atoms with Gasteiger partial charge < -0.3 is 9.80 Å². The average molecular weight is 329 g/mol. The van der Waals surface area contributed by atoms with Gasteiger partial charge in [0.05, 0.1) is 6.67 Å². The zero-order chi connectivity index (χ0) is 13.8. The third kappa shape index (κ3) is 3.42. The Balaban J connectivity index is 1.55. The smallest absolute Gasteiger partial charge is 0.0900 e. The van der Waals surface area contributed by atoms with Crippen LogP contribution in [0.2, 0.25) is 0 Å². The molecule has 3 rings (SSSR count). The lowest BCUT2D eigenvalue weighted by Gasteiger charge is -2.21. The fourth-order valence-electron chi connectivity index (χ4n) is 2.36. The second-order valence-electron chi connectivity index (χ2n) is 5.05. The van der Waals surface area contributed by atoms with Crippen molar-refractivity contribution in [2.45, 2.75) is 13.1 Å². The molecule has 0 spiro atoms. The fraction of sp³-hybridized carbons (Fsp3) is 0.176. The van der Waals surface area contributed by atoms with Crippen LogP contribution >= 0.6 is 15.9 Å². The highest BCUT2D eigenvalue weighted by Crippen LogP contribution is 2.16. The lowest BCUT2D eigenvalue weighted by atomic mass is 10.2. The molecule has 3 heteroatoms. The summed E-state index contributed by atoms with van der Waals surface area (Å²) in [4.78, 5) is 4.65. The maximum atomic E-state index is 3.47. The summed E-state index contributed by atoms with van der Waals surface area (Å²) < 4.78 is 1.13. The summed E-state index contributed by atoms with van der Waals surface area (Å²) >= 11 is 3.47. The van der Waals surface area contributed by atoms with Gasteiger partial charge in [0.2, 0.25) is 0 Å². The predicted octanol–water partition coefficient (Wildman–Crippen LogP) is 4.20. The van der Waals surface area contributed by atoms with Gasteiger partial charge in [-0.3, -0.25) is 0 Å². The van der Waals surface area contributed by atoms with Gasteiger partial charge in [-0.15, -0.1) is 0 Å². The third-order valence-electron chi connectivity index (χ3n) is 3.38. The summed E-state index contributed by atoms with van der Waals surface area (Å²) in [6, 6.07) is 19.1. The Morgan fingerprint density at radius 1 is 0.750 bits per heavy atom. The van der Waals surface area contributed by atoms with E-state index in [0.717, 1.165) is 24.2 Å². The summed E-state index contributed by atoms with van der Waals surface area (Å²) in [6.07, 6.45) is 4.34. The van der Waals surface area contributed by atoms with E-state index in [1.807, 2.05) is 0 Å². The lowest BCUT2D eigenvalue weighted by molar-refractivity contribution is 0.255. The molecule has 0 saturated carbocycles. The van der Waals surface area contributed by atoms with E-state index in [1.165, 1.54) is 11.1 Å². The first-order valence-corrected chi connectivity index (χ1v) is 7.54. The largest absolute Gasteiger partial charge is 0.354 e. The van der Waals surface area contributed by atoms with E-state index in [9.17, 15) is 0 Å². The highest BCUT2D eigenvalue weighted by Gasteiger charge is 2.12. The minimum absolute atomic E-state index is 0.949. The fourth-order valence-corrected chi connectivity index (χ4v) is 2.63. The summed E-state index contributed by atoms with van der Waals surface area (Å²) in [5, 5.41) is 0. The SMILES string of the molecule is Brc1ccc(CN2C=CN(Cc3ccccc3)C2)cc1. The number of hydrogen-bond acceptors (Lipinski definition) is 2. The van der Waals surface area contributed by atoms with Crippen molar-refractivity contribution in [3.8, 4) is 0 Å². The highest BCUT2D eigenvalue weighted by atomic mass is 79.9. The van der Waals surface area contributed by atoms with Crippen LogP contribution in [0.3, 0.4) is 0 Å². The van der Waals surface area contributed by atoms with E-state index in [2.05, 4.69) is 92.7 Å². The van der Waals surface area contributed by atoms with Gasteiger partial charge in [-0.2, -0.15) is 0 Å². The molecule has 1 heterocycles. The summed E-state index contributed by atoms with van der Waals surface area (Å²) in [7, 11) is 0. The molecular formula is C17H17BrN2. The Morgan fingerprint density at radius 3 is 1.90 bits per heavy atom. The monoisotopic (exact) mass is 328 g/mol. The van der Waals surface area contributed by atoms with Crippen molar-refractivity contribution in [2.24, 2.45) is 0 Å². The molecule has 0 radical (unpaired) electrons. The maximum absolute atomic E-state index is 3.47. The van der Waals surface area contributed by atoms with E-state index in [0.29, 0.717) is 0 Å². The van der Waals surface area contributed by atoms with Crippen molar-refractivity contribution in [1.82, 2.24) is 9.80 Å². The summed E-state index contributed by atoms with van der Waals surface area (Å²) in [5.41, 5.74) is 2.68. The Labute approximate surface area is 128 Å². The Kier molecular flexibility index (Phi) is 4.07. The van der Waals surface area contributed by atoms with E-state index < -0.39 is 0 Å². The topological polar surface area (TPSA) is 6.48 Å². The van der Waals surface area contributed by atoms with Crippen molar-refractivity contribution in [3.05, 3.63) is 82.6 Å². The summed E-state index contributed by atoms with van der Waals surface area (Å²) in [5.74, 6) is 0. The average Bonchev–Trinajstić information content (AvgIpc) is 2.90. The number of nitrogens with zero attached hydrogens (tertiary/aromatic N) is 2. The van der Waals surface area contributed by atoms with Gasteiger partial charge in [0.25, 0.3) is 0 Å². The van der Waals surface area contributed by atoms with Crippen molar-refractivity contribution in [2.75, 3.05) is 6.67 Å². The van der Waals surface area contributed by atoms with Crippen molar-refractivity contribution in [3.63, 3.8) is 0 Å². The van der Waals surface area contributed by atoms with Crippen LogP contribution in [0.15, 0.2) is 71.5 Å². The molecule has 0 atom stereocenters. The van der Waals surface area contributed by atoms with Gasteiger partial charge in [0, 0.05) is 30.0 Å². The molecule has 0 saturated heterocycles. The van der Waals surface area contributed by atoms with Crippen molar-refractivity contribution < 1.29 is 0 Å². The minimum atomic E-state index is 0.949. The number of rotatable bonds is 4. The van der Waals surface area contributed by atoms with Gasteiger partial charge >= 0.3 is 0 Å². The van der Waals surface area contributed by atoms with Crippen LogP contribution in [0.1, 0.15) is 11.1 Å². The lowest BCUT2D eigenvalue weighted by Crippen LogP contribution is -2.24. The molecule has 2 aromatic carbocycles. The van der Waals surface area contributed by atoms with Crippen LogP contribution in [0.25, 0.3) is 0 Å². The molecular weight excluding hydrogens is 312 g/mol. The molecule has 0 amide bonds. The second-order valence-corrected chi connectivity index (χ2v) is 5.96. The number of halogens is 1. The van der Waals surface area contributed by atoms with E-state index >= 15 is 0 Å². The molecule has 0 fully saturated rings. The number of benzene rings is 2. The Bertz CT molecular complexity index is 578. The minimum Gasteiger partial charge on any atom is -0.354 e. The quantitative estimate of drug-likeness (QED) is 0.830. The molecule has 0 aliphatic carbocycles. The predicted molar refractivity (Wildman–Crippen MR) is 85.7 cm³/mol. The maximum Gasteiger partial charge on any atom is 0.0900 e. The molecule has 1 aliphatic heterocycles. The Hall–Kier alpha value is -1.74. The molecule has 0 aromatic heterocycles. The van der Waals surface area contributed by atoms with E-state index in [1.54, 1.807) is 0 Å². The first kappa shape index (κ1) is 13.3. The molecule has 102 valence electrons. The highest BCUT2D eigenvalue weighted by molar-refractivity contribution is 9.10. The van der Waals surface area contributed by atoms with Crippen LogP contribution in [0, 0.1) is 0 Å². The van der Waals surface area contributed by atoms with Gasteiger partial charge in [0.1, 0.15) is 0 Å². The molecule has 20 heavy (non-hydrogen) atoms. The van der Waals surface area contributed by atoms with Crippen LogP contribution in [-0.4, -0.2) is 16.5 Å². The molecule has 0 bridgehead atoms. The van der Waals surface area contributed by atoms with Gasteiger partial charge in [0.15, 0.2) is 0 Å². The van der Waals surface area contributed by atoms with Crippen LogP contribution < -0.4 is 0 Å². The van der Waals surface area contributed by atoms with Gasteiger partial charge in [-0.05, 0) is 23.3 Å². The van der Waals surface area contributed by atoms with Gasteiger partial charge in [-0.25, -0.2) is 0 Å². The number of hydrogen-bond donors (Lipinski definition) is 0. The van der Waals surface area contributed by atoms with Crippen molar-refractivity contribution >= 4 is 15.9 Å².